The molecule has 1 unspecified atom stereocenters. The molecule has 2 N–H and O–H groups in total. The Bertz CT molecular complexity index is 1310. The SMILES string of the molecule is O=C(CNC(=O)c1ccc(/C(F)=C/C(c2cc(Cl)cc(C(F)(F)F)c2)C(F)(F)F)cc1C(F)(F)F)NCC(F)(F)F. The molecule has 18 heteroatoms. The van der Waals surface area contributed by atoms with Gasteiger partial charge in [0.1, 0.15) is 18.3 Å². The molecular weight excluding hydrogens is 619 g/mol. The first kappa shape index (κ1) is 33.7. The van der Waals surface area contributed by atoms with E-state index < -0.39 is 94.2 Å². The number of nitrogens with one attached hydrogen (secondary N) is 2. The van der Waals surface area contributed by atoms with Crippen molar-refractivity contribution in [3.8, 4) is 0 Å². The van der Waals surface area contributed by atoms with Gasteiger partial charge in [-0.1, -0.05) is 17.7 Å². The van der Waals surface area contributed by atoms with E-state index in [0.717, 1.165) is 0 Å². The molecule has 2 aromatic rings. The Labute approximate surface area is 226 Å². The van der Waals surface area contributed by atoms with Gasteiger partial charge in [0.25, 0.3) is 5.91 Å². The summed E-state index contributed by atoms with van der Waals surface area (Å²) in [5.74, 6) is -8.15. The van der Waals surface area contributed by atoms with E-state index in [4.69, 9.17) is 11.6 Å². The second-order valence-corrected chi connectivity index (χ2v) is 8.57. The molecule has 0 aromatic heterocycles. The molecule has 226 valence electrons. The van der Waals surface area contributed by atoms with Gasteiger partial charge >= 0.3 is 24.7 Å². The van der Waals surface area contributed by atoms with E-state index >= 15 is 0 Å². The fraction of sp³-hybridized carbons (Fsp3) is 0.304. The maximum Gasteiger partial charge on any atom is 0.417 e. The van der Waals surface area contributed by atoms with E-state index in [1.165, 1.54) is 5.32 Å². The van der Waals surface area contributed by atoms with Gasteiger partial charge in [0.15, 0.2) is 0 Å². The van der Waals surface area contributed by atoms with Crippen molar-refractivity contribution in [2.75, 3.05) is 13.1 Å². The summed E-state index contributed by atoms with van der Waals surface area (Å²) in [4.78, 5) is 23.5. The van der Waals surface area contributed by atoms with Crippen molar-refractivity contribution < 1.29 is 66.7 Å². The number of carbonyl (C=O) groups is 2. The normalized spacial score (nSPS) is 14.0. The van der Waals surface area contributed by atoms with E-state index in [1.807, 2.05) is 0 Å². The largest absolute Gasteiger partial charge is 0.417 e. The first-order valence-electron chi connectivity index (χ1n) is 10.6. The zero-order valence-corrected chi connectivity index (χ0v) is 20.4. The highest BCUT2D eigenvalue weighted by atomic mass is 35.5. The van der Waals surface area contributed by atoms with Gasteiger partial charge in [-0.3, -0.25) is 9.59 Å². The maximum absolute atomic E-state index is 14.9. The topological polar surface area (TPSA) is 58.2 Å². The molecule has 0 heterocycles. The molecule has 41 heavy (non-hydrogen) atoms. The number of carbonyl (C=O) groups excluding carboxylic acids is 2. The average Bonchev–Trinajstić information content (AvgIpc) is 2.81. The molecule has 0 bridgehead atoms. The van der Waals surface area contributed by atoms with Crippen LogP contribution in [0, 0.1) is 0 Å². The predicted octanol–water partition coefficient (Wildman–Crippen LogP) is 7.44. The Balaban J connectivity index is 2.45. The van der Waals surface area contributed by atoms with Crippen LogP contribution in [-0.4, -0.2) is 37.3 Å². The Morgan fingerprint density at radius 3 is 1.95 bits per heavy atom. The van der Waals surface area contributed by atoms with Crippen molar-refractivity contribution in [2.45, 2.75) is 30.6 Å². The number of alkyl halides is 12. The third-order valence-corrected chi connectivity index (χ3v) is 5.23. The van der Waals surface area contributed by atoms with Crippen LogP contribution in [0.3, 0.4) is 0 Å². The summed E-state index contributed by atoms with van der Waals surface area (Å²) in [6.45, 7) is -3.00. The third-order valence-electron chi connectivity index (χ3n) is 5.01. The minimum absolute atomic E-state index is 0.0350. The van der Waals surface area contributed by atoms with Crippen LogP contribution in [0.15, 0.2) is 42.5 Å². The second-order valence-electron chi connectivity index (χ2n) is 8.14. The third kappa shape index (κ3) is 9.82. The van der Waals surface area contributed by atoms with E-state index in [9.17, 15) is 66.7 Å². The van der Waals surface area contributed by atoms with Gasteiger partial charge in [-0.05, 0) is 42.0 Å². The van der Waals surface area contributed by atoms with Crippen LogP contribution in [-0.2, 0) is 17.1 Å². The van der Waals surface area contributed by atoms with Gasteiger partial charge in [-0.25, -0.2) is 4.39 Å². The molecular formula is C23H14ClF13N2O2. The van der Waals surface area contributed by atoms with Crippen LogP contribution in [0.2, 0.25) is 5.02 Å². The number of hydrogen-bond donors (Lipinski definition) is 2. The summed E-state index contributed by atoms with van der Waals surface area (Å²) in [6, 6.07) is 1.48. The van der Waals surface area contributed by atoms with Crippen molar-refractivity contribution in [1.82, 2.24) is 10.6 Å². The Morgan fingerprint density at radius 2 is 1.44 bits per heavy atom. The van der Waals surface area contributed by atoms with Gasteiger partial charge < -0.3 is 10.6 Å². The van der Waals surface area contributed by atoms with Gasteiger partial charge in [0.2, 0.25) is 5.91 Å². The van der Waals surface area contributed by atoms with E-state index in [1.54, 1.807) is 5.32 Å². The van der Waals surface area contributed by atoms with Crippen LogP contribution < -0.4 is 10.6 Å². The van der Waals surface area contributed by atoms with Crippen LogP contribution in [0.25, 0.3) is 5.83 Å². The predicted molar refractivity (Wildman–Crippen MR) is 117 cm³/mol. The number of benzene rings is 2. The number of hydrogen-bond acceptors (Lipinski definition) is 2. The smallest absolute Gasteiger partial charge is 0.345 e. The van der Waals surface area contributed by atoms with Crippen LogP contribution in [0.5, 0.6) is 0 Å². The lowest BCUT2D eigenvalue weighted by atomic mass is 9.94. The Morgan fingerprint density at radius 1 is 0.829 bits per heavy atom. The minimum atomic E-state index is -5.44. The van der Waals surface area contributed by atoms with Gasteiger partial charge in [-0.15, -0.1) is 0 Å². The molecule has 2 aromatic carbocycles. The molecule has 0 fully saturated rings. The molecule has 1 atom stereocenters. The van der Waals surface area contributed by atoms with E-state index in [2.05, 4.69) is 0 Å². The first-order valence-corrected chi connectivity index (χ1v) is 11.0. The highest BCUT2D eigenvalue weighted by Gasteiger charge is 2.42. The number of halogens is 14. The average molecular weight is 633 g/mol. The van der Waals surface area contributed by atoms with Crippen LogP contribution in [0.4, 0.5) is 57.1 Å². The Kier molecular flexibility index (Phi) is 10.00. The standard InChI is InChI=1S/C23H14ClF13N2O2/c24-13-4-11(3-12(6-13)21(29,30)31)15(22(32,33)34)7-17(25)10-1-2-14(16(5-10)23(35,36)37)19(41)38-8-18(40)39-9-20(26,27)28/h1-7,15H,8-9H2,(H,38,41)(H,39,40)/b17-7-. The second kappa shape index (κ2) is 12.2. The van der Waals surface area contributed by atoms with Crippen molar-refractivity contribution >= 4 is 29.2 Å². The zero-order chi connectivity index (χ0) is 31.6. The number of rotatable bonds is 7. The first-order chi connectivity index (χ1) is 18.5. The lowest BCUT2D eigenvalue weighted by Crippen LogP contribution is -2.41. The fourth-order valence-corrected chi connectivity index (χ4v) is 3.46. The molecule has 0 aliphatic heterocycles. The zero-order valence-electron chi connectivity index (χ0n) is 19.6. The lowest BCUT2D eigenvalue weighted by molar-refractivity contribution is -0.142. The quantitative estimate of drug-likeness (QED) is 0.312. The van der Waals surface area contributed by atoms with Crippen molar-refractivity contribution in [3.05, 3.63) is 75.3 Å². The van der Waals surface area contributed by atoms with Crippen LogP contribution in [0.1, 0.15) is 38.5 Å². The highest BCUT2D eigenvalue weighted by molar-refractivity contribution is 6.30. The number of allylic oxidation sites excluding steroid dienone is 1. The molecule has 0 aliphatic rings. The molecule has 2 amide bonds. The summed E-state index contributed by atoms with van der Waals surface area (Å²) in [5.41, 5.74) is -7.12. The summed E-state index contributed by atoms with van der Waals surface area (Å²) >= 11 is 5.48. The summed E-state index contributed by atoms with van der Waals surface area (Å²) in [6.07, 6.45) is -21.1. The van der Waals surface area contributed by atoms with Gasteiger partial charge in [0.05, 0.1) is 23.2 Å². The molecule has 0 radical (unpaired) electrons. The summed E-state index contributed by atoms with van der Waals surface area (Å²) < 4.78 is 172. The van der Waals surface area contributed by atoms with Gasteiger partial charge in [0, 0.05) is 10.6 Å². The highest BCUT2D eigenvalue weighted by Crippen LogP contribution is 2.42. The molecule has 2 rings (SSSR count). The molecule has 0 saturated carbocycles. The lowest BCUT2D eigenvalue weighted by Gasteiger charge is -2.20. The fourth-order valence-electron chi connectivity index (χ4n) is 3.22. The monoisotopic (exact) mass is 632 g/mol. The Hall–Kier alpha value is -3.50. The van der Waals surface area contributed by atoms with Crippen molar-refractivity contribution in [2.24, 2.45) is 0 Å². The minimum Gasteiger partial charge on any atom is -0.345 e. The van der Waals surface area contributed by atoms with E-state index in [-0.39, 0.29) is 18.2 Å². The maximum atomic E-state index is 14.9. The van der Waals surface area contributed by atoms with Crippen molar-refractivity contribution in [3.63, 3.8) is 0 Å². The molecule has 0 aliphatic carbocycles. The van der Waals surface area contributed by atoms with Gasteiger partial charge in [-0.2, -0.15) is 52.7 Å². The molecule has 0 saturated heterocycles. The van der Waals surface area contributed by atoms with E-state index in [0.29, 0.717) is 24.3 Å². The van der Waals surface area contributed by atoms with Crippen LogP contribution >= 0.6 is 11.6 Å². The molecule has 4 nitrogen and oxygen atoms in total. The van der Waals surface area contributed by atoms with Crippen molar-refractivity contribution in [1.29, 1.82) is 0 Å². The number of amides is 2. The summed E-state index contributed by atoms with van der Waals surface area (Å²) in [5, 5.41) is 2.16. The summed E-state index contributed by atoms with van der Waals surface area (Å²) in [7, 11) is 0. The molecule has 0 spiro atoms.